The van der Waals surface area contributed by atoms with Crippen LogP contribution < -0.4 is 10.6 Å². The molecule has 1 aliphatic carbocycles. The van der Waals surface area contributed by atoms with Crippen molar-refractivity contribution in [3.63, 3.8) is 0 Å². The molecule has 2 amide bonds. The zero-order valence-electron chi connectivity index (χ0n) is 14.9. The van der Waals surface area contributed by atoms with Crippen LogP contribution in [0, 0.1) is 5.92 Å². The van der Waals surface area contributed by atoms with E-state index in [1.54, 1.807) is 0 Å². The third-order valence-corrected chi connectivity index (χ3v) is 4.66. The Morgan fingerprint density at radius 3 is 2.38 bits per heavy atom. The number of carbonyl (C=O) groups excluding carboxylic acids is 2. The van der Waals surface area contributed by atoms with Crippen LogP contribution in [0.5, 0.6) is 0 Å². The summed E-state index contributed by atoms with van der Waals surface area (Å²) in [7, 11) is -1.69. The van der Waals surface area contributed by atoms with Gasteiger partial charge in [-0.2, -0.15) is 0 Å². The molecule has 7 heteroatoms. The lowest BCUT2D eigenvalue weighted by molar-refractivity contribution is -0.119. The van der Waals surface area contributed by atoms with E-state index in [4.69, 9.17) is 0 Å². The van der Waals surface area contributed by atoms with Crippen LogP contribution in [0.2, 0.25) is 0 Å². The Balaban J connectivity index is 1.77. The van der Waals surface area contributed by atoms with E-state index in [2.05, 4.69) is 10.6 Å². The van der Waals surface area contributed by atoms with Gasteiger partial charge in [-0.15, -0.1) is 0 Å². The van der Waals surface area contributed by atoms with Crippen molar-refractivity contribution in [2.45, 2.75) is 44.5 Å². The summed E-state index contributed by atoms with van der Waals surface area (Å²) in [6.45, 7) is 0.636. The first-order chi connectivity index (χ1) is 12.5. The number of benzene rings is 1. The molecule has 0 heterocycles. The monoisotopic (exact) mass is 358 g/mol. The van der Waals surface area contributed by atoms with Crippen molar-refractivity contribution in [2.75, 3.05) is 6.54 Å². The van der Waals surface area contributed by atoms with E-state index in [1.807, 2.05) is 30.3 Å². The van der Waals surface area contributed by atoms with Crippen molar-refractivity contribution >= 4 is 18.9 Å². The van der Waals surface area contributed by atoms with E-state index in [0.29, 0.717) is 12.5 Å². The van der Waals surface area contributed by atoms with Gasteiger partial charge in [0.15, 0.2) is 0 Å². The lowest BCUT2D eigenvalue weighted by Gasteiger charge is -2.21. The first-order valence-corrected chi connectivity index (χ1v) is 9.21. The molecule has 140 valence electrons. The molecule has 1 saturated carbocycles. The maximum Gasteiger partial charge on any atom is 0.475 e. The topological polar surface area (TPSA) is 98.7 Å². The molecule has 0 spiro atoms. The second kappa shape index (κ2) is 10.8. The third-order valence-electron chi connectivity index (χ3n) is 4.66. The van der Waals surface area contributed by atoms with Crippen LogP contribution in [0.4, 0.5) is 0 Å². The van der Waals surface area contributed by atoms with Gasteiger partial charge < -0.3 is 20.7 Å². The SMILES string of the molecule is O=C(C=CC(=O)NC(Cc1ccccc1)B(O)O)NCC1CCCCC1. The molecule has 0 aromatic heterocycles. The van der Waals surface area contributed by atoms with Crippen molar-refractivity contribution in [2.24, 2.45) is 5.92 Å². The zero-order valence-corrected chi connectivity index (χ0v) is 14.9. The molecule has 1 fully saturated rings. The minimum atomic E-state index is -1.69. The van der Waals surface area contributed by atoms with E-state index in [9.17, 15) is 19.6 Å². The number of amides is 2. The number of carbonyl (C=O) groups is 2. The lowest BCUT2D eigenvalue weighted by Crippen LogP contribution is -2.47. The lowest BCUT2D eigenvalue weighted by atomic mass is 9.76. The molecule has 0 saturated heterocycles. The van der Waals surface area contributed by atoms with Gasteiger partial charge in [0, 0.05) is 18.7 Å². The van der Waals surface area contributed by atoms with Crippen molar-refractivity contribution in [1.82, 2.24) is 10.6 Å². The fraction of sp³-hybridized carbons (Fsp3) is 0.474. The van der Waals surface area contributed by atoms with Gasteiger partial charge in [-0.3, -0.25) is 9.59 Å². The highest BCUT2D eigenvalue weighted by atomic mass is 16.4. The summed E-state index contributed by atoms with van der Waals surface area (Å²) in [5.74, 6) is -1.17. The fourth-order valence-corrected chi connectivity index (χ4v) is 3.18. The molecule has 26 heavy (non-hydrogen) atoms. The summed E-state index contributed by atoms with van der Waals surface area (Å²) in [6.07, 6.45) is 8.56. The Bertz CT molecular complexity index is 601. The normalized spacial score (nSPS) is 16.2. The van der Waals surface area contributed by atoms with E-state index < -0.39 is 19.0 Å². The van der Waals surface area contributed by atoms with Crippen LogP contribution in [-0.4, -0.2) is 41.5 Å². The molecule has 1 aromatic carbocycles. The van der Waals surface area contributed by atoms with Gasteiger partial charge in [0.2, 0.25) is 11.8 Å². The Morgan fingerprint density at radius 1 is 1.08 bits per heavy atom. The molecule has 1 aliphatic rings. The second-order valence-electron chi connectivity index (χ2n) is 6.80. The van der Waals surface area contributed by atoms with Crippen molar-refractivity contribution in [1.29, 1.82) is 0 Å². The molecule has 0 radical (unpaired) electrons. The highest BCUT2D eigenvalue weighted by molar-refractivity contribution is 6.43. The Kier molecular flexibility index (Phi) is 8.38. The molecule has 1 atom stereocenters. The minimum Gasteiger partial charge on any atom is -0.426 e. The summed E-state index contributed by atoms with van der Waals surface area (Å²) >= 11 is 0. The Labute approximate surface area is 154 Å². The van der Waals surface area contributed by atoms with Crippen molar-refractivity contribution in [3.05, 3.63) is 48.0 Å². The minimum absolute atomic E-state index is 0.284. The fourth-order valence-electron chi connectivity index (χ4n) is 3.18. The van der Waals surface area contributed by atoms with Crippen LogP contribution in [0.15, 0.2) is 42.5 Å². The molecular weight excluding hydrogens is 331 g/mol. The van der Waals surface area contributed by atoms with Crippen molar-refractivity contribution < 1.29 is 19.6 Å². The number of rotatable bonds is 8. The number of hydrogen-bond acceptors (Lipinski definition) is 4. The Morgan fingerprint density at radius 2 is 1.73 bits per heavy atom. The van der Waals surface area contributed by atoms with Gasteiger partial charge in [-0.05, 0) is 30.7 Å². The molecule has 2 rings (SSSR count). The average molecular weight is 358 g/mol. The maximum absolute atomic E-state index is 12.0. The summed E-state index contributed by atoms with van der Waals surface area (Å²) < 4.78 is 0. The summed E-state index contributed by atoms with van der Waals surface area (Å²) in [5, 5.41) is 24.3. The first kappa shape index (κ1) is 20.2. The van der Waals surface area contributed by atoms with E-state index in [0.717, 1.165) is 24.5 Å². The third kappa shape index (κ3) is 7.41. The molecule has 1 unspecified atom stereocenters. The summed E-state index contributed by atoms with van der Waals surface area (Å²) in [6, 6.07) is 9.23. The summed E-state index contributed by atoms with van der Waals surface area (Å²) in [5.41, 5.74) is 0.875. The Hall–Kier alpha value is -2.12. The van der Waals surface area contributed by atoms with Gasteiger partial charge in [0.1, 0.15) is 0 Å². The largest absolute Gasteiger partial charge is 0.475 e. The molecule has 0 bridgehead atoms. The van der Waals surface area contributed by atoms with Crippen LogP contribution in [-0.2, 0) is 16.0 Å². The van der Waals surface area contributed by atoms with Gasteiger partial charge >= 0.3 is 7.12 Å². The molecule has 6 nitrogen and oxygen atoms in total. The summed E-state index contributed by atoms with van der Waals surface area (Å²) in [4.78, 5) is 23.8. The molecule has 1 aromatic rings. The van der Waals surface area contributed by atoms with E-state index in [-0.39, 0.29) is 12.3 Å². The van der Waals surface area contributed by atoms with Gasteiger partial charge in [-0.1, -0.05) is 49.6 Å². The highest BCUT2D eigenvalue weighted by Gasteiger charge is 2.24. The van der Waals surface area contributed by atoms with E-state index in [1.165, 1.54) is 25.3 Å². The highest BCUT2D eigenvalue weighted by Crippen LogP contribution is 2.22. The molecule has 4 N–H and O–H groups in total. The van der Waals surface area contributed by atoms with Crippen LogP contribution in [0.3, 0.4) is 0 Å². The van der Waals surface area contributed by atoms with Gasteiger partial charge in [0.05, 0.1) is 5.94 Å². The maximum atomic E-state index is 12.0. The first-order valence-electron chi connectivity index (χ1n) is 9.21. The van der Waals surface area contributed by atoms with Crippen molar-refractivity contribution in [3.8, 4) is 0 Å². The van der Waals surface area contributed by atoms with Gasteiger partial charge in [0.25, 0.3) is 0 Å². The van der Waals surface area contributed by atoms with E-state index >= 15 is 0 Å². The van der Waals surface area contributed by atoms with Gasteiger partial charge in [-0.25, -0.2) is 0 Å². The van der Waals surface area contributed by atoms with Crippen LogP contribution >= 0.6 is 0 Å². The van der Waals surface area contributed by atoms with Crippen LogP contribution in [0.25, 0.3) is 0 Å². The smallest absolute Gasteiger partial charge is 0.426 e. The molecular formula is C19H27BN2O4. The number of nitrogens with one attached hydrogen (secondary N) is 2. The second-order valence-corrected chi connectivity index (χ2v) is 6.80. The standard InChI is InChI=1S/C19H27BN2O4/c23-18(21-14-16-9-5-2-6-10-16)11-12-19(24)22-17(20(25)26)13-15-7-3-1-4-8-15/h1,3-4,7-8,11-12,16-17,25-26H,2,5-6,9-10,13-14H2,(H,21,23)(H,22,24). The average Bonchev–Trinajstić information content (AvgIpc) is 2.66. The molecule has 0 aliphatic heterocycles. The zero-order chi connectivity index (χ0) is 18.8. The predicted octanol–water partition coefficient (Wildman–Crippen LogP) is 0.979. The predicted molar refractivity (Wildman–Crippen MR) is 101 cm³/mol. The quantitative estimate of drug-likeness (QED) is 0.411. The number of hydrogen-bond donors (Lipinski definition) is 4. The van der Waals surface area contributed by atoms with Crippen LogP contribution in [0.1, 0.15) is 37.7 Å².